The number of alkyl halides is 3. The number of benzene rings is 1. The summed E-state index contributed by atoms with van der Waals surface area (Å²) in [6, 6.07) is 5.78. The standard InChI is InChI=1S/C11H14F3NO/c1-10(2,3)15-8-5-4-6-9(7-8)16-11(12,13)14/h4-7,15H,1-3H3. The van der Waals surface area contributed by atoms with Gasteiger partial charge in [0.15, 0.2) is 0 Å². The Kier molecular flexibility index (Phi) is 3.35. The summed E-state index contributed by atoms with van der Waals surface area (Å²) in [6.45, 7) is 5.76. The summed E-state index contributed by atoms with van der Waals surface area (Å²) in [4.78, 5) is 0. The van der Waals surface area contributed by atoms with Crippen LogP contribution in [-0.4, -0.2) is 11.9 Å². The van der Waals surface area contributed by atoms with Gasteiger partial charge < -0.3 is 10.1 Å². The summed E-state index contributed by atoms with van der Waals surface area (Å²) in [7, 11) is 0. The van der Waals surface area contributed by atoms with Crippen molar-refractivity contribution >= 4 is 5.69 Å². The minimum absolute atomic E-state index is 0.211. The maximum atomic E-state index is 12.0. The van der Waals surface area contributed by atoms with Crippen molar-refractivity contribution in [2.45, 2.75) is 32.7 Å². The Morgan fingerprint density at radius 3 is 2.25 bits per heavy atom. The van der Waals surface area contributed by atoms with Gasteiger partial charge in [0.1, 0.15) is 5.75 Å². The van der Waals surface area contributed by atoms with Crippen LogP contribution in [0.3, 0.4) is 0 Å². The molecule has 2 nitrogen and oxygen atoms in total. The smallest absolute Gasteiger partial charge is 0.406 e. The summed E-state index contributed by atoms with van der Waals surface area (Å²) >= 11 is 0. The number of ether oxygens (including phenoxy) is 1. The SMILES string of the molecule is CC(C)(C)Nc1cccc(OC(F)(F)F)c1. The van der Waals surface area contributed by atoms with Gasteiger partial charge in [-0.2, -0.15) is 0 Å². The molecule has 0 heterocycles. The van der Waals surface area contributed by atoms with Crippen LogP contribution in [0, 0.1) is 0 Å². The highest BCUT2D eigenvalue weighted by Gasteiger charge is 2.31. The van der Waals surface area contributed by atoms with Crippen molar-refractivity contribution in [2.75, 3.05) is 5.32 Å². The summed E-state index contributed by atoms with van der Waals surface area (Å²) in [5, 5.41) is 3.06. The minimum Gasteiger partial charge on any atom is -0.406 e. The van der Waals surface area contributed by atoms with E-state index in [4.69, 9.17) is 0 Å². The lowest BCUT2D eigenvalue weighted by atomic mass is 10.1. The van der Waals surface area contributed by atoms with E-state index in [-0.39, 0.29) is 11.3 Å². The molecule has 0 saturated carbocycles. The minimum atomic E-state index is -4.65. The molecule has 0 aliphatic rings. The van der Waals surface area contributed by atoms with E-state index in [1.807, 2.05) is 20.8 Å². The van der Waals surface area contributed by atoms with Gasteiger partial charge in [-0.3, -0.25) is 0 Å². The first-order valence-electron chi connectivity index (χ1n) is 4.80. The van der Waals surface area contributed by atoms with Gasteiger partial charge in [0.25, 0.3) is 0 Å². The maximum Gasteiger partial charge on any atom is 0.573 e. The zero-order valence-electron chi connectivity index (χ0n) is 9.35. The normalized spacial score (nSPS) is 12.4. The second kappa shape index (κ2) is 4.23. The van der Waals surface area contributed by atoms with Crippen LogP contribution < -0.4 is 10.1 Å². The van der Waals surface area contributed by atoms with Crippen molar-refractivity contribution in [2.24, 2.45) is 0 Å². The van der Waals surface area contributed by atoms with Crippen molar-refractivity contribution in [1.82, 2.24) is 0 Å². The van der Waals surface area contributed by atoms with E-state index in [1.165, 1.54) is 18.2 Å². The number of hydrogen-bond donors (Lipinski definition) is 1. The highest BCUT2D eigenvalue weighted by Crippen LogP contribution is 2.26. The first-order chi connectivity index (χ1) is 7.16. The Balaban J connectivity index is 2.79. The van der Waals surface area contributed by atoms with Gasteiger partial charge >= 0.3 is 6.36 Å². The largest absolute Gasteiger partial charge is 0.573 e. The van der Waals surface area contributed by atoms with Crippen molar-refractivity contribution in [3.8, 4) is 5.75 Å². The van der Waals surface area contributed by atoms with E-state index >= 15 is 0 Å². The third kappa shape index (κ3) is 4.91. The molecule has 0 amide bonds. The van der Waals surface area contributed by atoms with Crippen LogP contribution in [0.4, 0.5) is 18.9 Å². The quantitative estimate of drug-likeness (QED) is 0.838. The lowest BCUT2D eigenvalue weighted by Crippen LogP contribution is -2.26. The fourth-order valence-corrected chi connectivity index (χ4v) is 1.20. The molecule has 90 valence electrons. The van der Waals surface area contributed by atoms with Gasteiger partial charge in [0.05, 0.1) is 0 Å². The van der Waals surface area contributed by atoms with Crippen LogP contribution >= 0.6 is 0 Å². The Morgan fingerprint density at radius 2 is 1.75 bits per heavy atom. The highest BCUT2D eigenvalue weighted by molar-refractivity contribution is 5.49. The second-order valence-electron chi connectivity index (χ2n) is 4.45. The molecule has 0 atom stereocenters. The third-order valence-electron chi connectivity index (χ3n) is 1.59. The van der Waals surface area contributed by atoms with Gasteiger partial charge in [0, 0.05) is 17.3 Å². The summed E-state index contributed by atoms with van der Waals surface area (Å²) in [5.41, 5.74) is 0.380. The Labute approximate surface area is 92.4 Å². The van der Waals surface area contributed by atoms with Crippen LogP contribution in [0.15, 0.2) is 24.3 Å². The van der Waals surface area contributed by atoms with Gasteiger partial charge in [-0.25, -0.2) is 0 Å². The van der Waals surface area contributed by atoms with E-state index in [0.717, 1.165) is 0 Å². The van der Waals surface area contributed by atoms with Crippen LogP contribution in [0.2, 0.25) is 0 Å². The van der Waals surface area contributed by atoms with Gasteiger partial charge in [0.2, 0.25) is 0 Å². The average molecular weight is 233 g/mol. The second-order valence-corrected chi connectivity index (χ2v) is 4.45. The lowest BCUT2D eigenvalue weighted by Gasteiger charge is -2.22. The average Bonchev–Trinajstić information content (AvgIpc) is 1.96. The van der Waals surface area contributed by atoms with E-state index in [1.54, 1.807) is 6.07 Å². The van der Waals surface area contributed by atoms with Crippen LogP contribution in [-0.2, 0) is 0 Å². The number of rotatable bonds is 2. The fourth-order valence-electron chi connectivity index (χ4n) is 1.20. The number of nitrogens with one attached hydrogen (secondary N) is 1. The Hall–Kier alpha value is -1.39. The molecule has 16 heavy (non-hydrogen) atoms. The molecule has 5 heteroatoms. The molecule has 0 aromatic heterocycles. The van der Waals surface area contributed by atoms with Gasteiger partial charge in [-0.1, -0.05) is 6.07 Å². The first-order valence-corrected chi connectivity index (χ1v) is 4.80. The first kappa shape index (κ1) is 12.7. The number of halogens is 3. The fraction of sp³-hybridized carbons (Fsp3) is 0.455. The summed E-state index contributed by atoms with van der Waals surface area (Å²) < 4.78 is 39.7. The molecule has 1 rings (SSSR count). The van der Waals surface area contributed by atoms with Crippen LogP contribution in [0.1, 0.15) is 20.8 Å². The van der Waals surface area contributed by atoms with Crippen molar-refractivity contribution in [1.29, 1.82) is 0 Å². The predicted molar refractivity (Wildman–Crippen MR) is 56.5 cm³/mol. The monoisotopic (exact) mass is 233 g/mol. The zero-order valence-corrected chi connectivity index (χ0v) is 9.35. The predicted octanol–water partition coefficient (Wildman–Crippen LogP) is 3.80. The molecule has 0 saturated heterocycles. The van der Waals surface area contributed by atoms with E-state index in [9.17, 15) is 13.2 Å². The van der Waals surface area contributed by atoms with E-state index in [0.29, 0.717) is 5.69 Å². The topological polar surface area (TPSA) is 21.3 Å². The number of anilines is 1. The van der Waals surface area contributed by atoms with E-state index < -0.39 is 6.36 Å². The molecule has 1 aromatic carbocycles. The molecule has 0 spiro atoms. The van der Waals surface area contributed by atoms with Crippen LogP contribution in [0.25, 0.3) is 0 Å². The molecule has 0 bridgehead atoms. The third-order valence-corrected chi connectivity index (χ3v) is 1.59. The molecular weight excluding hydrogens is 219 g/mol. The lowest BCUT2D eigenvalue weighted by molar-refractivity contribution is -0.274. The molecule has 0 aliphatic carbocycles. The summed E-state index contributed by atoms with van der Waals surface area (Å²) in [6.07, 6.45) is -4.65. The summed E-state index contributed by atoms with van der Waals surface area (Å²) in [5.74, 6) is -0.221. The van der Waals surface area contributed by atoms with Crippen molar-refractivity contribution in [3.63, 3.8) is 0 Å². The molecule has 1 aromatic rings. The Morgan fingerprint density at radius 1 is 1.12 bits per heavy atom. The van der Waals surface area contributed by atoms with Crippen molar-refractivity contribution in [3.05, 3.63) is 24.3 Å². The van der Waals surface area contributed by atoms with Crippen LogP contribution in [0.5, 0.6) is 5.75 Å². The maximum absolute atomic E-state index is 12.0. The number of hydrogen-bond acceptors (Lipinski definition) is 2. The molecule has 1 N–H and O–H groups in total. The molecule has 0 fully saturated rings. The Bertz CT molecular complexity index is 324. The molecular formula is C11H14F3NO. The van der Waals surface area contributed by atoms with Gasteiger partial charge in [-0.15, -0.1) is 13.2 Å². The molecule has 0 radical (unpaired) electrons. The zero-order chi connectivity index (χ0) is 12.4. The molecule has 0 aliphatic heterocycles. The van der Waals surface area contributed by atoms with E-state index in [2.05, 4.69) is 10.1 Å². The van der Waals surface area contributed by atoms with Crippen molar-refractivity contribution < 1.29 is 17.9 Å². The van der Waals surface area contributed by atoms with Gasteiger partial charge in [-0.05, 0) is 32.9 Å². The molecule has 0 unspecified atom stereocenters. The highest BCUT2D eigenvalue weighted by atomic mass is 19.4.